The molecule has 0 fully saturated rings. The van der Waals surface area contributed by atoms with Crippen LogP contribution in [0.4, 0.5) is 5.69 Å². The molecular formula is C21H23N3O3S. The number of carbonyl (C=O) groups is 1. The molecule has 2 aromatic heterocycles. The fourth-order valence-corrected chi connectivity index (χ4v) is 4.98. The molecular weight excluding hydrogens is 374 g/mol. The third-order valence-corrected chi connectivity index (χ3v) is 6.21. The molecule has 6 nitrogen and oxygen atoms in total. The Labute approximate surface area is 167 Å². The Balaban J connectivity index is 1.53. The summed E-state index contributed by atoms with van der Waals surface area (Å²) in [7, 11) is 0. The number of nitrogens with zero attached hydrogens (tertiary/aromatic N) is 2. The Bertz CT molecular complexity index is 1070. The second-order valence-electron chi connectivity index (χ2n) is 7.22. The largest absolute Gasteiger partial charge is 0.494 e. The van der Waals surface area contributed by atoms with Gasteiger partial charge in [-0.3, -0.25) is 14.2 Å². The van der Waals surface area contributed by atoms with Crippen LogP contribution in [-0.2, 0) is 24.2 Å². The fourth-order valence-electron chi connectivity index (χ4n) is 3.64. The van der Waals surface area contributed by atoms with Crippen LogP contribution in [0, 0.1) is 5.92 Å². The number of fused-ring (bicyclic) bond motifs is 3. The van der Waals surface area contributed by atoms with Gasteiger partial charge in [-0.05, 0) is 61.9 Å². The van der Waals surface area contributed by atoms with Crippen molar-refractivity contribution < 1.29 is 9.53 Å². The molecule has 1 atom stereocenters. The molecule has 1 aliphatic carbocycles. The fraction of sp³-hybridized carbons (Fsp3) is 0.381. The van der Waals surface area contributed by atoms with Crippen molar-refractivity contribution in [3.8, 4) is 5.75 Å². The molecule has 1 aliphatic rings. The Morgan fingerprint density at radius 2 is 2.14 bits per heavy atom. The molecule has 7 heteroatoms. The van der Waals surface area contributed by atoms with E-state index in [4.69, 9.17) is 4.74 Å². The molecule has 0 saturated heterocycles. The van der Waals surface area contributed by atoms with E-state index in [-0.39, 0.29) is 18.0 Å². The molecule has 3 aromatic rings. The lowest BCUT2D eigenvalue weighted by atomic mass is 9.89. The maximum absolute atomic E-state index is 13.0. The molecule has 0 unspecified atom stereocenters. The number of amides is 1. The Hall–Kier alpha value is -2.67. The minimum Gasteiger partial charge on any atom is -0.494 e. The van der Waals surface area contributed by atoms with Crippen LogP contribution in [0.15, 0.2) is 35.4 Å². The number of thiophene rings is 1. The van der Waals surface area contributed by atoms with Gasteiger partial charge in [0.15, 0.2) is 0 Å². The summed E-state index contributed by atoms with van der Waals surface area (Å²) in [5.74, 6) is 1.13. The van der Waals surface area contributed by atoms with Crippen molar-refractivity contribution in [2.24, 2.45) is 5.92 Å². The molecule has 4 rings (SSSR count). The number of hydrogen-bond acceptors (Lipinski definition) is 5. The van der Waals surface area contributed by atoms with Crippen molar-refractivity contribution >= 4 is 33.1 Å². The van der Waals surface area contributed by atoms with Crippen molar-refractivity contribution in [2.45, 2.75) is 39.7 Å². The van der Waals surface area contributed by atoms with Crippen molar-refractivity contribution in [1.29, 1.82) is 0 Å². The molecule has 1 N–H and O–H groups in total. The molecule has 0 saturated carbocycles. The maximum Gasteiger partial charge on any atom is 0.262 e. The predicted molar refractivity (Wildman–Crippen MR) is 111 cm³/mol. The number of rotatable bonds is 5. The summed E-state index contributed by atoms with van der Waals surface area (Å²) >= 11 is 1.62. The van der Waals surface area contributed by atoms with Gasteiger partial charge in [0.1, 0.15) is 17.1 Å². The standard InChI is InChI=1S/C21H23N3O3S/c1-3-27-15-7-5-14(6-8-15)23-18(25)11-24-12-22-20-19(21(24)26)16-9-4-13(2)10-17(16)28-20/h5-8,12-13H,3-4,9-11H2,1-2H3,(H,23,25)/t13-/m1/s1. The lowest BCUT2D eigenvalue weighted by Crippen LogP contribution is -2.28. The van der Waals surface area contributed by atoms with E-state index in [1.807, 2.05) is 6.92 Å². The SMILES string of the molecule is CCOc1ccc(NC(=O)Cn2cnc3sc4c(c3c2=O)CC[C@@H](C)C4)cc1. The monoisotopic (exact) mass is 397 g/mol. The summed E-state index contributed by atoms with van der Waals surface area (Å²) in [5.41, 5.74) is 1.67. The summed E-state index contributed by atoms with van der Waals surface area (Å²) in [6.07, 6.45) is 4.49. The number of benzene rings is 1. The van der Waals surface area contributed by atoms with E-state index in [9.17, 15) is 9.59 Å². The zero-order chi connectivity index (χ0) is 19.7. The predicted octanol–water partition coefficient (Wildman–Crippen LogP) is 3.62. The first kappa shape index (κ1) is 18.7. The Kier molecular flexibility index (Phi) is 5.17. The van der Waals surface area contributed by atoms with Gasteiger partial charge in [-0.25, -0.2) is 4.98 Å². The van der Waals surface area contributed by atoms with Crippen molar-refractivity contribution in [3.63, 3.8) is 0 Å². The zero-order valence-electron chi connectivity index (χ0n) is 16.0. The summed E-state index contributed by atoms with van der Waals surface area (Å²) in [6, 6.07) is 7.17. The summed E-state index contributed by atoms with van der Waals surface area (Å²) in [4.78, 5) is 31.9. The van der Waals surface area contributed by atoms with E-state index in [0.29, 0.717) is 23.6 Å². The van der Waals surface area contributed by atoms with Crippen LogP contribution in [0.1, 0.15) is 30.7 Å². The smallest absolute Gasteiger partial charge is 0.262 e. The topological polar surface area (TPSA) is 73.2 Å². The molecule has 1 aromatic carbocycles. The first-order valence-corrected chi connectivity index (χ1v) is 10.4. The van der Waals surface area contributed by atoms with Gasteiger partial charge in [-0.15, -0.1) is 11.3 Å². The average molecular weight is 398 g/mol. The summed E-state index contributed by atoms with van der Waals surface area (Å²) in [6.45, 7) is 4.69. The van der Waals surface area contributed by atoms with Crippen LogP contribution >= 0.6 is 11.3 Å². The molecule has 146 valence electrons. The molecule has 28 heavy (non-hydrogen) atoms. The first-order chi connectivity index (χ1) is 13.5. The van der Waals surface area contributed by atoms with Crippen LogP contribution in [0.2, 0.25) is 0 Å². The third-order valence-electron chi connectivity index (χ3n) is 5.05. The molecule has 0 spiro atoms. The van der Waals surface area contributed by atoms with Crippen LogP contribution in [-0.4, -0.2) is 22.1 Å². The summed E-state index contributed by atoms with van der Waals surface area (Å²) < 4.78 is 6.80. The second kappa shape index (κ2) is 7.75. The van der Waals surface area contributed by atoms with Gasteiger partial charge in [0, 0.05) is 10.6 Å². The van der Waals surface area contributed by atoms with E-state index in [1.165, 1.54) is 15.8 Å². The highest BCUT2D eigenvalue weighted by Gasteiger charge is 2.23. The van der Waals surface area contributed by atoms with Gasteiger partial charge >= 0.3 is 0 Å². The van der Waals surface area contributed by atoms with Crippen LogP contribution < -0.4 is 15.6 Å². The third kappa shape index (κ3) is 3.67. The highest BCUT2D eigenvalue weighted by molar-refractivity contribution is 7.18. The second-order valence-corrected chi connectivity index (χ2v) is 8.30. The first-order valence-electron chi connectivity index (χ1n) is 9.57. The van der Waals surface area contributed by atoms with Gasteiger partial charge in [0.2, 0.25) is 5.91 Å². The number of carbonyl (C=O) groups excluding carboxylic acids is 1. The minimum atomic E-state index is -0.259. The average Bonchev–Trinajstić information content (AvgIpc) is 3.04. The normalized spacial score (nSPS) is 16.0. The van der Waals surface area contributed by atoms with E-state index >= 15 is 0 Å². The number of anilines is 1. The lowest BCUT2D eigenvalue weighted by molar-refractivity contribution is -0.116. The van der Waals surface area contributed by atoms with Gasteiger partial charge in [0.05, 0.1) is 18.3 Å². The van der Waals surface area contributed by atoms with Gasteiger partial charge < -0.3 is 10.1 Å². The highest BCUT2D eigenvalue weighted by Crippen LogP contribution is 2.35. The molecule has 0 radical (unpaired) electrons. The maximum atomic E-state index is 13.0. The van der Waals surface area contributed by atoms with E-state index in [1.54, 1.807) is 35.6 Å². The Morgan fingerprint density at radius 3 is 2.89 bits per heavy atom. The number of aryl methyl sites for hydroxylation is 1. The van der Waals surface area contributed by atoms with Gasteiger partial charge in [0.25, 0.3) is 5.56 Å². The molecule has 2 heterocycles. The van der Waals surface area contributed by atoms with Gasteiger partial charge in [-0.1, -0.05) is 6.92 Å². The number of ether oxygens (including phenoxy) is 1. The van der Waals surface area contributed by atoms with Crippen LogP contribution in [0.25, 0.3) is 10.2 Å². The van der Waals surface area contributed by atoms with E-state index in [0.717, 1.165) is 35.4 Å². The van der Waals surface area contributed by atoms with Gasteiger partial charge in [-0.2, -0.15) is 0 Å². The minimum absolute atomic E-state index is 0.0595. The number of aromatic nitrogens is 2. The van der Waals surface area contributed by atoms with Crippen molar-refractivity contribution in [3.05, 3.63) is 51.4 Å². The molecule has 0 bridgehead atoms. The van der Waals surface area contributed by atoms with E-state index < -0.39 is 0 Å². The zero-order valence-corrected chi connectivity index (χ0v) is 16.8. The van der Waals surface area contributed by atoms with Crippen LogP contribution in [0.3, 0.4) is 0 Å². The van der Waals surface area contributed by atoms with E-state index in [2.05, 4.69) is 17.2 Å². The quantitative estimate of drug-likeness (QED) is 0.714. The molecule has 0 aliphatic heterocycles. The summed E-state index contributed by atoms with van der Waals surface area (Å²) in [5, 5.41) is 3.52. The van der Waals surface area contributed by atoms with Crippen molar-refractivity contribution in [2.75, 3.05) is 11.9 Å². The number of nitrogens with one attached hydrogen (secondary N) is 1. The Morgan fingerprint density at radius 1 is 1.36 bits per heavy atom. The highest BCUT2D eigenvalue weighted by atomic mass is 32.1. The molecule has 1 amide bonds. The van der Waals surface area contributed by atoms with Crippen LogP contribution in [0.5, 0.6) is 5.75 Å². The number of hydrogen-bond donors (Lipinski definition) is 1. The van der Waals surface area contributed by atoms with Crippen molar-refractivity contribution in [1.82, 2.24) is 9.55 Å². The lowest BCUT2D eigenvalue weighted by Gasteiger charge is -2.17.